The zero-order valence-electron chi connectivity index (χ0n) is 10.8. The van der Waals surface area contributed by atoms with Gasteiger partial charge < -0.3 is 10.2 Å². The third-order valence-corrected chi connectivity index (χ3v) is 3.30. The quantitative estimate of drug-likeness (QED) is 0.805. The number of carbonyl (C=O) groups is 1. The second-order valence-electron chi connectivity index (χ2n) is 4.72. The van der Waals surface area contributed by atoms with Crippen LogP contribution in [-0.2, 0) is 6.18 Å². The molecule has 1 aromatic rings. The standard InChI is InChI=1S/C13H14F4N2O/c1-8-7-18-5-6-19(8)12(20)9-3-2-4-10(11(9)14)13(15,16)17/h2-4,8,18H,5-7H2,1H3/t8-/m0/s1. The summed E-state index contributed by atoms with van der Waals surface area (Å²) in [5.41, 5.74) is -1.94. The van der Waals surface area contributed by atoms with Crippen molar-refractivity contribution in [2.75, 3.05) is 19.6 Å². The lowest BCUT2D eigenvalue weighted by atomic mass is 10.1. The first-order chi connectivity index (χ1) is 9.32. The van der Waals surface area contributed by atoms with Crippen molar-refractivity contribution in [1.82, 2.24) is 10.2 Å². The molecule has 2 rings (SSSR count). The molecule has 1 fully saturated rings. The largest absolute Gasteiger partial charge is 0.419 e. The van der Waals surface area contributed by atoms with Gasteiger partial charge in [0.25, 0.3) is 5.91 Å². The summed E-state index contributed by atoms with van der Waals surface area (Å²) in [6.07, 6.45) is -4.81. The van der Waals surface area contributed by atoms with Gasteiger partial charge in [-0.3, -0.25) is 4.79 Å². The van der Waals surface area contributed by atoms with Gasteiger partial charge in [-0.15, -0.1) is 0 Å². The van der Waals surface area contributed by atoms with E-state index in [1.807, 2.05) is 0 Å². The first-order valence-electron chi connectivity index (χ1n) is 6.19. The molecule has 20 heavy (non-hydrogen) atoms. The molecular weight excluding hydrogens is 276 g/mol. The number of nitrogens with zero attached hydrogens (tertiary/aromatic N) is 1. The van der Waals surface area contributed by atoms with Gasteiger partial charge in [0.1, 0.15) is 5.82 Å². The third kappa shape index (κ3) is 2.77. The number of hydrogen-bond donors (Lipinski definition) is 1. The predicted octanol–water partition coefficient (Wildman–Crippen LogP) is 2.28. The summed E-state index contributed by atoms with van der Waals surface area (Å²) >= 11 is 0. The van der Waals surface area contributed by atoms with Crippen LogP contribution in [0.2, 0.25) is 0 Å². The molecule has 1 amide bonds. The Balaban J connectivity index is 2.35. The molecule has 1 saturated heterocycles. The van der Waals surface area contributed by atoms with Crippen LogP contribution in [0.5, 0.6) is 0 Å². The van der Waals surface area contributed by atoms with E-state index in [1.54, 1.807) is 6.92 Å². The third-order valence-electron chi connectivity index (χ3n) is 3.30. The number of benzene rings is 1. The molecule has 0 spiro atoms. The van der Waals surface area contributed by atoms with Crippen LogP contribution in [0, 0.1) is 5.82 Å². The van der Waals surface area contributed by atoms with Crippen molar-refractivity contribution in [3.8, 4) is 0 Å². The number of alkyl halides is 3. The van der Waals surface area contributed by atoms with Crippen molar-refractivity contribution in [3.63, 3.8) is 0 Å². The van der Waals surface area contributed by atoms with Gasteiger partial charge in [-0.1, -0.05) is 6.07 Å². The predicted molar refractivity (Wildman–Crippen MR) is 64.8 cm³/mol. The number of hydrogen-bond acceptors (Lipinski definition) is 2. The van der Waals surface area contributed by atoms with E-state index < -0.39 is 29.0 Å². The summed E-state index contributed by atoms with van der Waals surface area (Å²) in [4.78, 5) is 13.6. The maximum absolute atomic E-state index is 13.9. The fourth-order valence-corrected chi connectivity index (χ4v) is 2.21. The minimum atomic E-state index is -4.81. The van der Waals surface area contributed by atoms with E-state index in [9.17, 15) is 22.4 Å². The van der Waals surface area contributed by atoms with Crippen LogP contribution in [0.4, 0.5) is 17.6 Å². The molecule has 1 aliphatic heterocycles. The summed E-state index contributed by atoms with van der Waals surface area (Å²) in [6.45, 7) is 3.17. The van der Waals surface area contributed by atoms with Crippen molar-refractivity contribution in [1.29, 1.82) is 0 Å². The van der Waals surface area contributed by atoms with Crippen LogP contribution in [0.1, 0.15) is 22.8 Å². The normalized spacial score (nSPS) is 20.1. The van der Waals surface area contributed by atoms with Gasteiger partial charge in [0, 0.05) is 25.7 Å². The van der Waals surface area contributed by atoms with Gasteiger partial charge in [-0.25, -0.2) is 4.39 Å². The molecule has 0 aliphatic carbocycles. The highest BCUT2D eigenvalue weighted by Gasteiger charge is 2.36. The topological polar surface area (TPSA) is 32.3 Å². The summed E-state index contributed by atoms with van der Waals surface area (Å²) in [5, 5.41) is 3.05. The molecule has 110 valence electrons. The molecule has 7 heteroatoms. The highest BCUT2D eigenvalue weighted by atomic mass is 19.4. The highest BCUT2D eigenvalue weighted by Crippen LogP contribution is 2.32. The molecule has 0 radical (unpaired) electrons. The Labute approximate surface area is 113 Å². The molecule has 0 unspecified atom stereocenters. The summed E-state index contributed by atoms with van der Waals surface area (Å²) in [7, 11) is 0. The van der Waals surface area contributed by atoms with Gasteiger partial charge >= 0.3 is 6.18 Å². The fourth-order valence-electron chi connectivity index (χ4n) is 2.21. The number of amides is 1. The molecule has 3 nitrogen and oxygen atoms in total. The lowest BCUT2D eigenvalue weighted by molar-refractivity contribution is -0.140. The molecule has 1 aliphatic rings. The monoisotopic (exact) mass is 290 g/mol. The SMILES string of the molecule is C[C@H]1CNCCN1C(=O)c1cccc(C(F)(F)F)c1F. The highest BCUT2D eigenvalue weighted by molar-refractivity contribution is 5.95. The van der Waals surface area contributed by atoms with E-state index in [1.165, 1.54) is 4.90 Å². The second kappa shape index (κ2) is 5.40. The number of rotatable bonds is 1. The van der Waals surface area contributed by atoms with Crippen molar-refractivity contribution in [3.05, 3.63) is 35.1 Å². The minimum Gasteiger partial charge on any atom is -0.333 e. The van der Waals surface area contributed by atoms with Crippen molar-refractivity contribution >= 4 is 5.91 Å². The van der Waals surface area contributed by atoms with Crippen molar-refractivity contribution in [2.45, 2.75) is 19.1 Å². The number of nitrogens with one attached hydrogen (secondary N) is 1. The Morgan fingerprint density at radius 1 is 1.40 bits per heavy atom. The van der Waals surface area contributed by atoms with Gasteiger partial charge in [0.15, 0.2) is 0 Å². The zero-order chi connectivity index (χ0) is 14.9. The average molecular weight is 290 g/mol. The van der Waals surface area contributed by atoms with E-state index >= 15 is 0 Å². The molecule has 1 atom stereocenters. The maximum Gasteiger partial charge on any atom is 0.419 e. The van der Waals surface area contributed by atoms with Crippen LogP contribution in [-0.4, -0.2) is 36.5 Å². The van der Waals surface area contributed by atoms with Gasteiger partial charge in [-0.2, -0.15) is 13.2 Å². The molecule has 0 bridgehead atoms. The minimum absolute atomic E-state index is 0.190. The molecular formula is C13H14F4N2O. The van der Waals surface area contributed by atoms with E-state index in [4.69, 9.17) is 0 Å². The first-order valence-corrected chi connectivity index (χ1v) is 6.19. The van der Waals surface area contributed by atoms with E-state index in [-0.39, 0.29) is 6.04 Å². The maximum atomic E-state index is 13.9. The lowest BCUT2D eigenvalue weighted by Gasteiger charge is -2.34. The van der Waals surface area contributed by atoms with Gasteiger partial charge in [0.05, 0.1) is 11.1 Å². The number of halogens is 4. The average Bonchev–Trinajstić information content (AvgIpc) is 2.37. The van der Waals surface area contributed by atoms with Crippen LogP contribution in [0.3, 0.4) is 0 Å². The van der Waals surface area contributed by atoms with E-state index in [2.05, 4.69) is 5.32 Å². The molecule has 1 heterocycles. The molecule has 0 saturated carbocycles. The Hall–Kier alpha value is -1.63. The number of carbonyl (C=O) groups excluding carboxylic acids is 1. The van der Waals surface area contributed by atoms with Crippen LogP contribution in [0.15, 0.2) is 18.2 Å². The van der Waals surface area contributed by atoms with E-state index in [0.29, 0.717) is 25.7 Å². The smallest absolute Gasteiger partial charge is 0.333 e. The molecule has 0 aromatic heterocycles. The van der Waals surface area contributed by atoms with Crippen LogP contribution < -0.4 is 5.32 Å². The summed E-state index contributed by atoms with van der Waals surface area (Å²) in [5.74, 6) is -2.21. The zero-order valence-corrected chi connectivity index (χ0v) is 10.8. The summed E-state index contributed by atoms with van der Waals surface area (Å²) < 4.78 is 51.8. The Kier molecular flexibility index (Phi) is 3.99. The first kappa shape index (κ1) is 14.8. The lowest BCUT2D eigenvalue weighted by Crippen LogP contribution is -2.52. The van der Waals surface area contributed by atoms with Crippen LogP contribution >= 0.6 is 0 Å². The Morgan fingerprint density at radius 2 is 2.10 bits per heavy atom. The van der Waals surface area contributed by atoms with Crippen LogP contribution in [0.25, 0.3) is 0 Å². The Bertz CT molecular complexity index is 516. The van der Waals surface area contributed by atoms with Gasteiger partial charge in [0.2, 0.25) is 0 Å². The summed E-state index contributed by atoms with van der Waals surface area (Å²) in [6, 6.07) is 2.58. The molecule has 1 aromatic carbocycles. The Morgan fingerprint density at radius 3 is 2.70 bits per heavy atom. The van der Waals surface area contributed by atoms with Gasteiger partial charge in [-0.05, 0) is 19.1 Å². The molecule has 1 N–H and O–H groups in total. The second-order valence-corrected chi connectivity index (χ2v) is 4.72. The van der Waals surface area contributed by atoms with Crippen molar-refractivity contribution in [2.24, 2.45) is 0 Å². The number of piperazine rings is 1. The van der Waals surface area contributed by atoms with E-state index in [0.717, 1.165) is 12.1 Å². The van der Waals surface area contributed by atoms with Crippen molar-refractivity contribution < 1.29 is 22.4 Å². The fraction of sp³-hybridized carbons (Fsp3) is 0.462.